The second-order valence-corrected chi connectivity index (χ2v) is 7.29. The molecule has 0 fully saturated rings. The van der Waals surface area contributed by atoms with E-state index in [2.05, 4.69) is 5.32 Å². The first-order valence-electron chi connectivity index (χ1n) is 9.23. The minimum absolute atomic E-state index is 0.0205. The van der Waals surface area contributed by atoms with Crippen LogP contribution >= 0.6 is 11.6 Å². The molecule has 0 aliphatic rings. The fraction of sp³-hybridized carbons (Fsp3) is 0.0435. The molecule has 0 saturated heterocycles. The van der Waals surface area contributed by atoms with Gasteiger partial charge in [-0.25, -0.2) is 4.39 Å². The predicted octanol–water partition coefficient (Wildman–Crippen LogP) is 6.24. The summed E-state index contributed by atoms with van der Waals surface area (Å²) in [5.74, 6) is -2.63. The quantitative estimate of drug-likeness (QED) is 0.223. The van der Waals surface area contributed by atoms with Crippen LogP contribution < -0.4 is 5.32 Å². The van der Waals surface area contributed by atoms with Crippen molar-refractivity contribution in [2.24, 2.45) is 0 Å². The van der Waals surface area contributed by atoms with E-state index in [1.165, 1.54) is 28.7 Å². The zero-order valence-corrected chi connectivity index (χ0v) is 16.8. The van der Waals surface area contributed by atoms with Gasteiger partial charge in [-0.2, -0.15) is 13.2 Å². The van der Waals surface area contributed by atoms with Crippen LogP contribution in [-0.4, -0.2) is 16.1 Å². The number of Topliss-reactive ketones (excluding diaryl/α,β-unsaturated/α-hetero) is 1. The molecule has 0 radical (unpaired) electrons. The number of nitrogens with zero attached hydrogens (tertiary/aromatic N) is 1. The molecule has 32 heavy (non-hydrogen) atoms. The first-order chi connectivity index (χ1) is 15.1. The standard InChI is InChI=1S/C23H13ClF4N2O2/c24-18-9-6-14(23(26,27)28)11-19(18)29-22(32)21(31)20-17(13-4-7-15(25)8-5-13)12-16-3-1-2-10-30(16)20/h1-12H,(H,29,32). The summed E-state index contributed by atoms with van der Waals surface area (Å²) in [5, 5.41) is 2.01. The Morgan fingerprint density at radius 1 is 0.938 bits per heavy atom. The van der Waals surface area contributed by atoms with Crippen molar-refractivity contribution < 1.29 is 27.2 Å². The Morgan fingerprint density at radius 2 is 1.66 bits per heavy atom. The zero-order chi connectivity index (χ0) is 23.0. The molecule has 1 amide bonds. The average Bonchev–Trinajstić information content (AvgIpc) is 3.14. The van der Waals surface area contributed by atoms with Crippen molar-refractivity contribution in [2.45, 2.75) is 6.18 Å². The maximum absolute atomic E-state index is 13.4. The lowest BCUT2D eigenvalue weighted by molar-refractivity contribution is -0.137. The van der Waals surface area contributed by atoms with E-state index in [0.717, 1.165) is 12.1 Å². The Morgan fingerprint density at radius 3 is 2.34 bits per heavy atom. The lowest BCUT2D eigenvalue weighted by Gasteiger charge is -2.12. The van der Waals surface area contributed by atoms with Crippen LogP contribution in [0.15, 0.2) is 72.9 Å². The molecule has 0 saturated carbocycles. The van der Waals surface area contributed by atoms with Gasteiger partial charge in [-0.05, 0) is 54.1 Å². The van der Waals surface area contributed by atoms with Gasteiger partial charge in [-0.3, -0.25) is 9.59 Å². The van der Waals surface area contributed by atoms with Crippen LogP contribution in [0.4, 0.5) is 23.2 Å². The Labute approximate surface area is 184 Å². The molecule has 2 aromatic carbocycles. The molecule has 4 rings (SSSR count). The molecule has 0 aliphatic carbocycles. The molecule has 2 heterocycles. The van der Waals surface area contributed by atoms with Gasteiger partial charge in [0, 0.05) is 17.3 Å². The molecule has 0 unspecified atom stereocenters. The highest BCUT2D eigenvalue weighted by atomic mass is 35.5. The molecule has 4 nitrogen and oxygen atoms in total. The molecular formula is C23H13ClF4N2O2. The third-order valence-electron chi connectivity index (χ3n) is 4.80. The molecule has 2 aromatic heterocycles. The van der Waals surface area contributed by atoms with Gasteiger partial charge in [0.05, 0.1) is 16.3 Å². The Kier molecular flexibility index (Phi) is 5.48. The van der Waals surface area contributed by atoms with E-state index in [1.807, 2.05) is 0 Å². The topological polar surface area (TPSA) is 50.6 Å². The molecule has 4 aromatic rings. The number of carbonyl (C=O) groups excluding carboxylic acids is 2. The molecule has 0 aliphatic heterocycles. The monoisotopic (exact) mass is 460 g/mol. The van der Waals surface area contributed by atoms with E-state index in [1.54, 1.807) is 30.5 Å². The summed E-state index contributed by atoms with van der Waals surface area (Å²) in [5.41, 5.74) is 0.0662. The maximum Gasteiger partial charge on any atom is 0.416 e. The smallest absolute Gasteiger partial charge is 0.318 e. The molecule has 162 valence electrons. The van der Waals surface area contributed by atoms with Crippen molar-refractivity contribution in [3.05, 3.63) is 95.0 Å². The fourth-order valence-corrected chi connectivity index (χ4v) is 3.45. The number of amides is 1. The van der Waals surface area contributed by atoms with E-state index >= 15 is 0 Å². The van der Waals surface area contributed by atoms with Crippen LogP contribution in [0, 0.1) is 5.82 Å². The minimum atomic E-state index is -4.65. The summed E-state index contributed by atoms with van der Waals surface area (Å²) in [7, 11) is 0. The lowest BCUT2D eigenvalue weighted by Crippen LogP contribution is -2.25. The molecule has 0 atom stereocenters. The average molecular weight is 461 g/mol. The highest BCUT2D eigenvalue weighted by Crippen LogP contribution is 2.34. The van der Waals surface area contributed by atoms with Gasteiger partial charge in [0.25, 0.3) is 11.7 Å². The number of benzene rings is 2. The number of ketones is 1. The summed E-state index contributed by atoms with van der Waals surface area (Å²) >= 11 is 5.92. The highest BCUT2D eigenvalue weighted by Gasteiger charge is 2.32. The van der Waals surface area contributed by atoms with E-state index in [9.17, 15) is 27.2 Å². The summed E-state index contributed by atoms with van der Waals surface area (Å²) < 4.78 is 53.9. The van der Waals surface area contributed by atoms with Gasteiger partial charge < -0.3 is 9.72 Å². The van der Waals surface area contributed by atoms with Crippen molar-refractivity contribution in [1.29, 1.82) is 0 Å². The third-order valence-corrected chi connectivity index (χ3v) is 5.13. The highest BCUT2D eigenvalue weighted by molar-refractivity contribution is 6.48. The van der Waals surface area contributed by atoms with E-state index in [4.69, 9.17) is 11.6 Å². The number of hydrogen-bond donors (Lipinski definition) is 1. The fourth-order valence-electron chi connectivity index (χ4n) is 3.29. The lowest BCUT2D eigenvalue weighted by atomic mass is 10.0. The maximum atomic E-state index is 13.4. The zero-order valence-electron chi connectivity index (χ0n) is 16.1. The first kappa shape index (κ1) is 21.6. The van der Waals surface area contributed by atoms with Crippen LogP contribution in [0.5, 0.6) is 0 Å². The van der Waals surface area contributed by atoms with Crippen molar-refractivity contribution in [3.8, 4) is 11.1 Å². The number of nitrogens with one attached hydrogen (secondary N) is 1. The summed E-state index contributed by atoms with van der Waals surface area (Å²) in [4.78, 5) is 25.8. The summed E-state index contributed by atoms with van der Waals surface area (Å²) in [6, 6.07) is 14.5. The largest absolute Gasteiger partial charge is 0.416 e. The van der Waals surface area contributed by atoms with Gasteiger partial charge in [-0.1, -0.05) is 29.8 Å². The van der Waals surface area contributed by atoms with Gasteiger partial charge in [0.1, 0.15) is 11.5 Å². The van der Waals surface area contributed by atoms with Gasteiger partial charge >= 0.3 is 6.18 Å². The summed E-state index contributed by atoms with van der Waals surface area (Å²) in [6.07, 6.45) is -3.08. The Balaban J connectivity index is 1.75. The number of rotatable bonds is 4. The summed E-state index contributed by atoms with van der Waals surface area (Å²) in [6.45, 7) is 0. The molecule has 0 spiro atoms. The van der Waals surface area contributed by atoms with Gasteiger partial charge in [0.15, 0.2) is 0 Å². The van der Waals surface area contributed by atoms with Crippen LogP contribution in [0.25, 0.3) is 16.6 Å². The number of carbonyl (C=O) groups is 2. The van der Waals surface area contributed by atoms with Crippen molar-refractivity contribution in [1.82, 2.24) is 4.40 Å². The van der Waals surface area contributed by atoms with Gasteiger partial charge in [-0.15, -0.1) is 0 Å². The minimum Gasteiger partial charge on any atom is -0.318 e. The van der Waals surface area contributed by atoms with Gasteiger partial charge in [0.2, 0.25) is 0 Å². The predicted molar refractivity (Wildman–Crippen MR) is 112 cm³/mol. The van der Waals surface area contributed by atoms with E-state index in [-0.39, 0.29) is 16.4 Å². The number of fused-ring (bicyclic) bond motifs is 1. The van der Waals surface area contributed by atoms with Crippen LogP contribution in [-0.2, 0) is 11.0 Å². The molecule has 0 bridgehead atoms. The second kappa shape index (κ2) is 8.12. The van der Waals surface area contributed by atoms with E-state index < -0.39 is 29.2 Å². The van der Waals surface area contributed by atoms with Crippen LogP contribution in [0.3, 0.4) is 0 Å². The Hall–Kier alpha value is -3.65. The van der Waals surface area contributed by atoms with Crippen molar-refractivity contribution >= 4 is 34.5 Å². The number of hydrogen-bond acceptors (Lipinski definition) is 2. The number of alkyl halides is 3. The van der Waals surface area contributed by atoms with E-state index in [0.29, 0.717) is 22.7 Å². The van der Waals surface area contributed by atoms with Crippen molar-refractivity contribution in [2.75, 3.05) is 5.32 Å². The SMILES string of the molecule is O=C(Nc1cc(C(F)(F)F)ccc1Cl)C(=O)c1c(-c2ccc(F)cc2)cc2ccccn12. The second-order valence-electron chi connectivity index (χ2n) is 6.88. The third kappa shape index (κ3) is 4.09. The molecular weight excluding hydrogens is 448 g/mol. The first-order valence-corrected chi connectivity index (χ1v) is 9.61. The Bertz CT molecular complexity index is 1340. The van der Waals surface area contributed by atoms with Crippen molar-refractivity contribution in [3.63, 3.8) is 0 Å². The van der Waals surface area contributed by atoms with Crippen LogP contribution in [0.1, 0.15) is 16.1 Å². The number of anilines is 1. The molecule has 9 heteroatoms. The number of halogens is 5. The number of aromatic nitrogens is 1. The van der Waals surface area contributed by atoms with Crippen LogP contribution in [0.2, 0.25) is 5.02 Å². The number of pyridine rings is 1. The molecule has 1 N–H and O–H groups in total. The normalized spacial score (nSPS) is 11.5.